The van der Waals surface area contributed by atoms with E-state index in [9.17, 15) is 0 Å². The SMILES string of the molecule is CCC(c1cc(N[C@H]2CC[C@H](NC(C)=N)C2)n2nccc2n1)C1CC1. The molecular weight excluding hydrogens is 312 g/mol. The van der Waals surface area contributed by atoms with Gasteiger partial charge in [-0.05, 0) is 51.4 Å². The van der Waals surface area contributed by atoms with E-state index in [1.165, 1.54) is 18.5 Å². The Kier molecular flexibility index (Phi) is 4.36. The summed E-state index contributed by atoms with van der Waals surface area (Å²) in [5.41, 5.74) is 2.14. The standard InChI is InChI=1S/C19H28N6/c1-3-16(13-4-5-13)17-11-19(25-18(24-17)8-9-21-25)23-15-7-6-14(10-15)22-12(2)20/h8-9,11,13-16,23H,3-7,10H2,1-2H3,(H2,20,22)/t14-,15-,16?/m0/s1. The van der Waals surface area contributed by atoms with E-state index < -0.39 is 0 Å². The molecular formula is C19H28N6. The molecule has 2 aromatic rings. The van der Waals surface area contributed by atoms with Crippen molar-refractivity contribution in [2.45, 2.75) is 70.4 Å². The predicted molar refractivity (Wildman–Crippen MR) is 100 cm³/mol. The maximum atomic E-state index is 7.62. The van der Waals surface area contributed by atoms with Gasteiger partial charge in [-0.15, -0.1) is 0 Å². The van der Waals surface area contributed by atoms with Gasteiger partial charge < -0.3 is 10.6 Å². The number of nitrogens with one attached hydrogen (secondary N) is 3. The number of aromatic nitrogens is 3. The second-order valence-corrected chi connectivity index (χ2v) is 7.64. The summed E-state index contributed by atoms with van der Waals surface area (Å²) >= 11 is 0. The Morgan fingerprint density at radius 2 is 2.12 bits per heavy atom. The van der Waals surface area contributed by atoms with Crippen LogP contribution in [0.15, 0.2) is 18.3 Å². The molecule has 2 aliphatic carbocycles. The number of hydrogen-bond acceptors (Lipinski definition) is 4. The summed E-state index contributed by atoms with van der Waals surface area (Å²) in [6, 6.07) is 5.03. The fourth-order valence-corrected chi connectivity index (χ4v) is 4.27. The lowest BCUT2D eigenvalue weighted by Crippen LogP contribution is -2.31. The highest BCUT2D eigenvalue weighted by molar-refractivity contribution is 5.76. The van der Waals surface area contributed by atoms with Gasteiger partial charge >= 0.3 is 0 Å². The van der Waals surface area contributed by atoms with Crippen molar-refractivity contribution >= 4 is 17.3 Å². The van der Waals surface area contributed by atoms with Crippen molar-refractivity contribution < 1.29 is 0 Å². The lowest BCUT2D eigenvalue weighted by atomic mass is 9.96. The molecule has 3 atom stereocenters. The lowest BCUT2D eigenvalue weighted by molar-refractivity contribution is 0.570. The minimum absolute atomic E-state index is 0.402. The normalized spacial score (nSPS) is 24.4. The molecule has 0 spiro atoms. The van der Waals surface area contributed by atoms with Crippen LogP contribution < -0.4 is 10.6 Å². The third kappa shape index (κ3) is 3.48. The highest BCUT2D eigenvalue weighted by Gasteiger charge is 2.33. The van der Waals surface area contributed by atoms with Crippen LogP contribution in [0.1, 0.15) is 64.0 Å². The summed E-state index contributed by atoms with van der Waals surface area (Å²) in [6.07, 6.45) is 8.91. The quantitative estimate of drug-likeness (QED) is 0.555. The molecule has 6 heteroatoms. The number of rotatable bonds is 6. The van der Waals surface area contributed by atoms with E-state index >= 15 is 0 Å². The third-order valence-corrected chi connectivity index (χ3v) is 5.60. The summed E-state index contributed by atoms with van der Waals surface area (Å²) in [5, 5.41) is 19.0. The van der Waals surface area contributed by atoms with E-state index in [1.807, 2.05) is 23.7 Å². The number of anilines is 1. The van der Waals surface area contributed by atoms with Crippen LogP contribution >= 0.6 is 0 Å². The van der Waals surface area contributed by atoms with Crippen LogP contribution in [-0.2, 0) is 0 Å². The highest BCUT2D eigenvalue weighted by atomic mass is 15.3. The van der Waals surface area contributed by atoms with Crippen LogP contribution in [0.2, 0.25) is 0 Å². The molecule has 0 aliphatic heterocycles. The molecule has 4 rings (SSSR count). The van der Waals surface area contributed by atoms with Gasteiger partial charge in [0.25, 0.3) is 0 Å². The first-order chi connectivity index (χ1) is 12.1. The predicted octanol–water partition coefficient (Wildman–Crippen LogP) is 3.55. The maximum Gasteiger partial charge on any atom is 0.157 e. The zero-order valence-electron chi connectivity index (χ0n) is 15.1. The van der Waals surface area contributed by atoms with Crippen molar-refractivity contribution in [3.05, 3.63) is 24.0 Å². The van der Waals surface area contributed by atoms with E-state index in [0.29, 0.717) is 23.8 Å². The molecule has 2 heterocycles. The molecule has 2 saturated carbocycles. The lowest BCUT2D eigenvalue weighted by Gasteiger charge is -2.19. The van der Waals surface area contributed by atoms with Gasteiger partial charge in [0.1, 0.15) is 5.82 Å². The zero-order chi connectivity index (χ0) is 17.4. The molecule has 1 unspecified atom stereocenters. The van der Waals surface area contributed by atoms with E-state index in [1.54, 1.807) is 0 Å². The first-order valence-corrected chi connectivity index (χ1v) is 9.57. The van der Waals surface area contributed by atoms with Gasteiger partial charge in [-0.1, -0.05) is 6.92 Å². The first kappa shape index (κ1) is 16.4. The second kappa shape index (κ2) is 6.65. The van der Waals surface area contributed by atoms with Crippen LogP contribution in [0.3, 0.4) is 0 Å². The molecule has 0 aromatic carbocycles. The van der Waals surface area contributed by atoms with Crippen LogP contribution in [0, 0.1) is 11.3 Å². The molecule has 0 saturated heterocycles. The number of nitrogens with zero attached hydrogens (tertiary/aromatic N) is 3. The molecule has 25 heavy (non-hydrogen) atoms. The van der Waals surface area contributed by atoms with Gasteiger partial charge in [-0.3, -0.25) is 5.41 Å². The van der Waals surface area contributed by atoms with Crippen molar-refractivity contribution in [3.8, 4) is 0 Å². The number of fused-ring (bicyclic) bond motifs is 1. The van der Waals surface area contributed by atoms with Crippen molar-refractivity contribution in [3.63, 3.8) is 0 Å². The fourth-order valence-electron chi connectivity index (χ4n) is 4.27. The largest absolute Gasteiger partial charge is 0.371 e. The fraction of sp³-hybridized carbons (Fsp3) is 0.632. The molecule has 2 fully saturated rings. The Morgan fingerprint density at radius 3 is 2.84 bits per heavy atom. The molecule has 2 aliphatic rings. The molecule has 3 N–H and O–H groups in total. The molecule has 134 valence electrons. The third-order valence-electron chi connectivity index (χ3n) is 5.60. The number of amidine groups is 1. The molecule has 6 nitrogen and oxygen atoms in total. The Hall–Kier alpha value is -2.11. The van der Waals surface area contributed by atoms with Gasteiger partial charge in [0, 0.05) is 35.8 Å². The summed E-state index contributed by atoms with van der Waals surface area (Å²) in [4.78, 5) is 4.88. The minimum Gasteiger partial charge on any atom is -0.371 e. The van der Waals surface area contributed by atoms with Gasteiger partial charge in [0.05, 0.1) is 12.0 Å². The molecule has 0 radical (unpaired) electrons. The summed E-state index contributed by atoms with van der Waals surface area (Å²) < 4.78 is 1.92. The average molecular weight is 340 g/mol. The van der Waals surface area contributed by atoms with Crippen LogP contribution in [0.4, 0.5) is 5.82 Å². The smallest absolute Gasteiger partial charge is 0.157 e. The average Bonchev–Trinajstić information content (AvgIpc) is 3.11. The van der Waals surface area contributed by atoms with Gasteiger partial charge in [-0.25, -0.2) is 4.98 Å². The van der Waals surface area contributed by atoms with Crippen LogP contribution in [-0.4, -0.2) is 32.5 Å². The van der Waals surface area contributed by atoms with E-state index in [4.69, 9.17) is 10.4 Å². The van der Waals surface area contributed by atoms with Crippen molar-refractivity contribution in [1.29, 1.82) is 5.41 Å². The summed E-state index contributed by atoms with van der Waals surface area (Å²) in [6.45, 7) is 4.08. The highest BCUT2D eigenvalue weighted by Crippen LogP contribution is 2.44. The van der Waals surface area contributed by atoms with Gasteiger partial charge in [0.15, 0.2) is 5.65 Å². The van der Waals surface area contributed by atoms with Gasteiger partial charge in [-0.2, -0.15) is 9.61 Å². The number of hydrogen-bond donors (Lipinski definition) is 3. The van der Waals surface area contributed by atoms with E-state index in [-0.39, 0.29) is 0 Å². The Bertz CT molecular complexity index is 762. The van der Waals surface area contributed by atoms with Crippen molar-refractivity contribution in [2.75, 3.05) is 5.32 Å². The second-order valence-electron chi connectivity index (χ2n) is 7.64. The Balaban J connectivity index is 1.56. The topological polar surface area (TPSA) is 78.1 Å². The van der Waals surface area contributed by atoms with Crippen LogP contribution in [0.25, 0.3) is 5.65 Å². The summed E-state index contributed by atoms with van der Waals surface area (Å²) in [5.74, 6) is 2.99. The van der Waals surface area contributed by atoms with Gasteiger partial charge in [0.2, 0.25) is 0 Å². The molecule has 0 bridgehead atoms. The Labute approximate surface area is 148 Å². The molecule has 2 aromatic heterocycles. The zero-order valence-corrected chi connectivity index (χ0v) is 15.1. The monoisotopic (exact) mass is 340 g/mol. The van der Waals surface area contributed by atoms with E-state index in [0.717, 1.165) is 43.1 Å². The van der Waals surface area contributed by atoms with Crippen molar-refractivity contribution in [2.24, 2.45) is 5.92 Å². The van der Waals surface area contributed by atoms with Crippen molar-refractivity contribution in [1.82, 2.24) is 19.9 Å². The minimum atomic E-state index is 0.402. The molecule has 0 amide bonds. The van der Waals surface area contributed by atoms with Crippen LogP contribution in [0.5, 0.6) is 0 Å². The van der Waals surface area contributed by atoms with E-state index in [2.05, 4.69) is 28.7 Å². The summed E-state index contributed by atoms with van der Waals surface area (Å²) in [7, 11) is 0. The first-order valence-electron chi connectivity index (χ1n) is 9.57. The Morgan fingerprint density at radius 1 is 1.32 bits per heavy atom. The maximum absolute atomic E-state index is 7.62.